The third-order valence-corrected chi connectivity index (χ3v) is 6.78. The number of rotatable bonds is 7. The van der Waals surface area contributed by atoms with Crippen LogP contribution in [-0.2, 0) is 14.3 Å². The van der Waals surface area contributed by atoms with E-state index in [1.54, 1.807) is 24.1 Å². The number of carboxylic acids is 1. The number of benzene rings is 1. The largest absolute Gasteiger partial charge is 0.494 e. The first kappa shape index (κ1) is 25.1. The van der Waals surface area contributed by atoms with Crippen molar-refractivity contribution in [2.45, 2.75) is 31.4 Å². The predicted molar refractivity (Wildman–Crippen MR) is 122 cm³/mol. The normalized spacial score (nSPS) is 22.1. The quantitative estimate of drug-likeness (QED) is 0.491. The fraction of sp³-hybridized carbons (Fsp3) is 0.591. The highest BCUT2D eigenvalue weighted by Crippen LogP contribution is 2.33. The minimum atomic E-state index is -0.798. The van der Waals surface area contributed by atoms with Crippen LogP contribution in [0.5, 0.6) is 5.75 Å². The lowest BCUT2D eigenvalue weighted by atomic mass is 9.97. The molecular weight excluding hydrogens is 452 g/mol. The highest BCUT2D eigenvalue weighted by Gasteiger charge is 2.34. The maximum Gasteiger partial charge on any atom is 0.306 e. The Morgan fingerprint density at radius 1 is 1.18 bits per heavy atom. The van der Waals surface area contributed by atoms with Crippen molar-refractivity contribution in [2.24, 2.45) is 5.92 Å². The molecule has 2 aliphatic heterocycles. The monoisotopic (exact) mass is 482 g/mol. The third kappa shape index (κ3) is 5.87. The van der Waals surface area contributed by atoms with Gasteiger partial charge in [0.2, 0.25) is 5.91 Å². The van der Waals surface area contributed by atoms with Gasteiger partial charge in [0.1, 0.15) is 5.02 Å². The molecule has 1 aromatic rings. The average Bonchev–Trinajstić information content (AvgIpc) is 2.81. The Labute approximate surface area is 197 Å². The summed E-state index contributed by atoms with van der Waals surface area (Å²) in [5.74, 6) is -1.31. The Balaban J connectivity index is 1.56. The van der Waals surface area contributed by atoms with Crippen molar-refractivity contribution in [1.82, 2.24) is 15.1 Å². The van der Waals surface area contributed by atoms with Crippen LogP contribution in [0.25, 0.3) is 0 Å². The van der Waals surface area contributed by atoms with E-state index in [0.717, 1.165) is 0 Å². The molecule has 0 saturated carbocycles. The molecule has 0 bridgehead atoms. The van der Waals surface area contributed by atoms with Crippen molar-refractivity contribution in [3.05, 3.63) is 22.7 Å². The van der Waals surface area contributed by atoms with Crippen LogP contribution in [0.4, 0.5) is 5.69 Å². The van der Waals surface area contributed by atoms with E-state index in [-0.39, 0.29) is 52.8 Å². The van der Waals surface area contributed by atoms with Gasteiger partial charge in [-0.3, -0.25) is 19.3 Å². The molecular formula is C22H31ClN4O6. The number of halogens is 1. The molecule has 0 radical (unpaired) electrons. The molecule has 2 saturated heterocycles. The highest BCUT2D eigenvalue weighted by molar-refractivity contribution is 6.35. The summed E-state index contributed by atoms with van der Waals surface area (Å²) in [7, 11) is 3.00. The zero-order chi connectivity index (χ0) is 24.1. The Morgan fingerprint density at radius 3 is 2.48 bits per heavy atom. The van der Waals surface area contributed by atoms with Gasteiger partial charge < -0.3 is 30.5 Å². The van der Waals surface area contributed by atoms with Gasteiger partial charge in [-0.1, -0.05) is 11.6 Å². The first-order valence-electron chi connectivity index (χ1n) is 10.9. The summed E-state index contributed by atoms with van der Waals surface area (Å²) in [5.41, 5.74) is 6.41. The van der Waals surface area contributed by atoms with E-state index in [1.807, 2.05) is 4.90 Å². The zero-order valence-electron chi connectivity index (χ0n) is 18.9. The van der Waals surface area contributed by atoms with Crippen LogP contribution in [-0.4, -0.2) is 91.8 Å². The van der Waals surface area contributed by atoms with Crippen molar-refractivity contribution in [3.63, 3.8) is 0 Å². The van der Waals surface area contributed by atoms with E-state index >= 15 is 0 Å². The van der Waals surface area contributed by atoms with E-state index in [4.69, 9.17) is 31.9 Å². The maximum atomic E-state index is 12.9. The van der Waals surface area contributed by atoms with Crippen molar-refractivity contribution in [3.8, 4) is 5.75 Å². The summed E-state index contributed by atoms with van der Waals surface area (Å²) >= 11 is 6.17. The van der Waals surface area contributed by atoms with Crippen LogP contribution in [0.15, 0.2) is 12.1 Å². The summed E-state index contributed by atoms with van der Waals surface area (Å²) < 4.78 is 10.9. The second-order valence-corrected chi connectivity index (χ2v) is 8.80. The Hall–Kier alpha value is -2.56. The number of amides is 2. The SMILES string of the molecule is COc1c(C(=O)N[C@@H]2CCN(CC(=O)N3CCC(C(=O)O)CC3)C[C@@H]2OC)ccc(N)c1Cl. The van der Waals surface area contributed by atoms with Gasteiger partial charge in [0.15, 0.2) is 5.75 Å². The van der Waals surface area contributed by atoms with Gasteiger partial charge in [0.05, 0.1) is 43.0 Å². The molecule has 3 rings (SSSR count). The number of piperidine rings is 2. The fourth-order valence-electron chi connectivity index (χ4n) is 4.39. The maximum absolute atomic E-state index is 12.9. The molecule has 2 amide bonds. The summed E-state index contributed by atoms with van der Waals surface area (Å²) in [6, 6.07) is 2.88. The van der Waals surface area contributed by atoms with Gasteiger partial charge in [-0.05, 0) is 31.4 Å². The second kappa shape index (κ2) is 11.0. The first-order chi connectivity index (χ1) is 15.7. The van der Waals surface area contributed by atoms with Gasteiger partial charge in [-0.25, -0.2) is 0 Å². The van der Waals surface area contributed by atoms with Crippen LogP contribution in [0.1, 0.15) is 29.6 Å². The molecule has 4 N–H and O–H groups in total. The predicted octanol–water partition coefficient (Wildman–Crippen LogP) is 1.07. The number of nitrogens with two attached hydrogens (primary N) is 1. The Bertz CT molecular complexity index is 890. The van der Waals surface area contributed by atoms with Crippen LogP contribution in [0, 0.1) is 5.92 Å². The number of nitrogens with zero attached hydrogens (tertiary/aromatic N) is 2. The minimum absolute atomic E-state index is 0.0163. The molecule has 0 aliphatic carbocycles. The lowest BCUT2D eigenvalue weighted by Crippen LogP contribution is -2.56. The van der Waals surface area contributed by atoms with E-state index in [9.17, 15) is 14.4 Å². The topological polar surface area (TPSA) is 134 Å². The third-order valence-electron chi connectivity index (χ3n) is 6.39. The number of nitrogens with one attached hydrogen (secondary N) is 1. The van der Waals surface area contributed by atoms with Gasteiger partial charge in [0, 0.05) is 33.3 Å². The Morgan fingerprint density at radius 2 is 1.88 bits per heavy atom. The van der Waals surface area contributed by atoms with Crippen molar-refractivity contribution in [1.29, 1.82) is 0 Å². The van der Waals surface area contributed by atoms with E-state index in [2.05, 4.69) is 5.32 Å². The molecule has 11 heteroatoms. The van der Waals surface area contributed by atoms with Gasteiger partial charge in [-0.15, -0.1) is 0 Å². The van der Waals surface area contributed by atoms with Crippen molar-refractivity contribution < 1.29 is 29.0 Å². The van der Waals surface area contributed by atoms with E-state index in [1.165, 1.54) is 7.11 Å². The number of hydrogen-bond acceptors (Lipinski definition) is 7. The molecule has 0 unspecified atom stereocenters. The lowest BCUT2D eigenvalue weighted by Gasteiger charge is -2.39. The summed E-state index contributed by atoms with van der Waals surface area (Å²) in [6.45, 7) is 2.25. The zero-order valence-corrected chi connectivity index (χ0v) is 19.6. The number of aliphatic carboxylic acids is 1. The number of nitrogen functional groups attached to an aromatic ring is 1. The van der Waals surface area contributed by atoms with Crippen LogP contribution >= 0.6 is 11.6 Å². The van der Waals surface area contributed by atoms with Gasteiger partial charge in [0.25, 0.3) is 5.91 Å². The van der Waals surface area contributed by atoms with Crippen LogP contribution in [0.2, 0.25) is 5.02 Å². The van der Waals surface area contributed by atoms with E-state index in [0.29, 0.717) is 51.1 Å². The number of carbonyl (C=O) groups excluding carboxylic acids is 2. The molecule has 2 fully saturated rings. The number of ether oxygens (including phenoxy) is 2. The summed E-state index contributed by atoms with van der Waals surface area (Å²) in [4.78, 5) is 40.4. The number of hydrogen-bond donors (Lipinski definition) is 3. The average molecular weight is 483 g/mol. The Kier molecular flexibility index (Phi) is 8.39. The molecule has 2 aliphatic rings. The molecule has 33 heavy (non-hydrogen) atoms. The minimum Gasteiger partial charge on any atom is -0.494 e. The summed E-state index contributed by atoms with van der Waals surface area (Å²) in [6.07, 6.45) is 1.26. The van der Waals surface area contributed by atoms with Crippen molar-refractivity contribution >= 4 is 35.1 Å². The molecule has 0 aromatic heterocycles. The number of carbonyl (C=O) groups is 3. The molecule has 0 spiro atoms. The van der Waals surface area contributed by atoms with Gasteiger partial charge in [-0.2, -0.15) is 0 Å². The number of carboxylic acid groups (broad SMARTS) is 1. The van der Waals surface area contributed by atoms with Crippen LogP contribution in [0.3, 0.4) is 0 Å². The van der Waals surface area contributed by atoms with Crippen molar-refractivity contribution in [2.75, 3.05) is 52.7 Å². The summed E-state index contributed by atoms with van der Waals surface area (Å²) in [5, 5.41) is 12.3. The molecule has 10 nitrogen and oxygen atoms in total. The van der Waals surface area contributed by atoms with Crippen LogP contribution < -0.4 is 15.8 Å². The fourth-order valence-corrected chi connectivity index (χ4v) is 4.63. The first-order valence-corrected chi connectivity index (χ1v) is 11.3. The molecule has 1 aromatic carbocycles. The van der Waals surface area contributed by atoms with Gasteiger partial charge >= 0.3 is 5.97 Å². The standard InChI is InChI=1S/C22H31ClN4O6/c1-32-17-11-26(12-18(28)27-9-5-13(6-10-27)22(30)31)8-7-16(17)25-21(29)14-3-4-15(24)19(23)20(14)33-2/h3-4,13,16-17H,5-12,24H2,1-2H3,(H,25,29)(H,30,31)/t16-,17+/m1/s1. The number of anilines is 1. The molecule has 2 heterocycles. The highest BCUT2D eigenvalue weighted by atomic mass is 35.5. The smallest absolute Gasteiger partial charge is 0.306 e. The lowest BCUT2D eigenvalue weighted by molar-refractivity contribution is -0.146. The molecule has 182 valence electrons. The second-order valence-electron chi connectivity index (χ2n) is 8.42. The number of methoxy groups -OCH3 is 2. The molecule has 2 atom stereocenters. The van der Waals surface area contributed by atoms with E-state index < -0.39 is 5.97 Å². The number of likely N-dealkylation sites (tertiary alicyclic amines) is 2.